The summed E-state index contributed by atoms with van der Waals surface area (Å²) in [4.78, 5) is 29.2. The van der Waals surface area contributed by atoms with E-state index in [0.29, 0.717) is 12.3 Å². The molecule has 1 aromatic carbocycles. The number of halogens is 3. The average Bonchev–Trinajstić information content (AvgIpc) is 2.66. The first-order chi connectivity index (χ1) is 13.2. The summed E-state index contributed by atoms with van der Waals surface area (Å²) in [6.45, 7) is 1.99. The summed E-state index contributed by atoms with van der Waals surface area (Å²) in [5, 5.41) is 0. The quantitative estimate of drug-likeness (QED) is 0.813. The van der Waals surface area contributed by atoms with E-state index in [1.807, 2.05) is 24.3 Å². The van der Waals surface area contributed by atoms with Gasteiger partial charge >= 0.3 is 18.0 Å². The number of carbonyl (C=O) groups excluding carboxylic acids is 2. The lowest BCUT2D eigenvalue weighted by atomic mass is 9.80. The predicted molar refractivity (Wildman–Crippen MR) is 95.8 cm³/mol. The van der Waals surface area contributed by atoms with Gasteiger partial charge in [0.1, 0.15) is 0 Å². The lowest BCUT2D eigenvalue weighted by Crippen LogP contribution is -2.43. The number of pyridine rings is 1. The zero-order valence-corrected chi connectivity index (χ0v) is 15.2. The second kappa shape index (κ2) is 7.61. The third-order valence-electron chi connectivity index (χ3n) is 5.09. The van der Waals surface area contributed by atoms with Crippen molar-refractivity contribution < 1.29 is 22.8 Å². The number of primary amides is 1. The van der Waals surface area contributed by atoms with Crippen molar-refractivity contribution in [2.75, 3.05) is 0 Å². The van der Waals surface area contributed by atoms with Crippen LogP contribution in [0.15, 0.2) is 42.6 Å². The Morgan fingerprint density at radius 3 is 2.39 bits per heavy atom. The fourth-order valence-electron chi connectivity index (χ4n) is 3.63. The summed E-state index contributed by atoms with van der Waals surface area (Å²) in [5.74, 6) is -1.68. The number of nitrogens with two attached hydrogens (primary N) is 1. The number of hydrogen-bond donors (Lipinski definition) is 1. The van der Waals surface area contributed by atoms with Gasteiger partial charge in [0.25, 0.3) is 0 Å². The molecular weight excluding hydrogens is 371 g/mol. The molecule has 148 valence electrons. The number of rotatable bonds is 3. The Bertz CT molecular complexity index is 881. The lowest BCUT2D eigenvalue weighted by Gasteiger charge is -2.37. The van der Waals surface area contributed by atoms with Gasteiger partial charge in [0.2, 0.25) is 0 Å². The van der Waals surface area contributed by atoms with Crippen molar-refractivity contribution >= 4 is 11.8 Å². The van der Waals surface area contributed by atoms with E-state index in [2.05, 4.69) is 11.9 Å². The summed E-state index contributed by atoms with van der Waals surface area (Å²) < 4.78 is 38.2. The Morgan fingerprint density at radius 2 is 1.82 bits per heavy atom. The molecule has 0 radical (unpaired) electrons. The molecule has 2 aromatic rings. The van der Waals surface area contributed by atoms with Gasteiger partial charge in [0, 0.05) is 6.20 Å². The van der Waals surface area contributed by atoms with E-state index in [1.54, 1.807) is 0 Å². The molecule has 0 saturated heterocycles. The molecule has 0 fully saturated rings. The highest BCUT2D eigenvalue weighted by molar-refractivity contribution is 6.34. The van der Waals surface area contributed by atoms with Crippen molar-refractivity contribution in [1.29, 1.82) is 0 Å². The molecule has 0 saturated carbocycles. The first-order valence-corrected chi connectivity index (χ1v) is 8.90. The Kier molecular flexibility index (Phi) is 5.40. The van der Waals surface area contributed by atoms with E-state index in [-0.39, 0.29) is 12.2 Å². The van der Waals surface area contributed by atoms with Gasteiger partial charge in [-0.25, -0.2) is 0 Å². The molecule has 1 aromatic heterocycles. The minimum absolute atomic E-state index is 0.104. The standard InChI is InChI=1S/C20H20F3N3O2/c1-12-6-9-17(16-5-3-2-4-15(12)16)26(19(28)18(24)27)11-14-8-7-13(10-25-14)20(21,22)23/h2-5,7-8,10,12,17H,6,9,11H2,1H3,(H2,24,27). The van der Waals surface area contributed by atoms with Gasteiger partial charge in [-0.3, -0.25) is 14.6 Å². The molecule has 8 heteroatoms. The van der Waals surface area contributed by atoms with Crippen molar-refractivity contribution in [3.63, 3.8) is 0 Å². The van der Waals surface area contributed by atoms with E-state index >= 15 is 0 Å². The van der Waals surface area contributed by atoms with Crippen molar-refractivity contribution in [1.82, 2.24) is 9.88 Å². The molecule has 0 aliphatic heterocycles. The third kappa shape index (κ3) is 4.00. The van der Waals surface area contributed by atoms with Crippen LogP contribution in [0.5, 0.6) is 0 Å². The van der Waals surface area contributed by atoms with Crippen LogP contribution in [0.25, 0.3) is 0 Å². The Balaban J connectivity index is 1.94. The molecule has 2 atom stereocenters. The van der Waals surface area contributed by atoms with Gasteiger partial charge in [-0.2, -0.15) is 13.2 Å². The summed E-state index contributed by atoms with van der Waals surface area (Å²) >= 11 is 0. The molecule has 5 nitrogen and oxygen atoms in total. The SMILES string of the molecule is CC1CCC(N(Cc2ccc(C(F)(F)F)cn2)C(=O)C(N)=O)c2ccccc21. The zero-order chi connectivity index (χ0) is 20.5. The van der Waals surface area contributed by atoms with Crippen molar-refractivity contribution in [3.8, 4) is 0 Å². The molecule has 1 heterocycles. The summed E-state index contributed by atoms with van der Waals surface area (Å²) in [5.41, 5.74) is 6.60. The maximum absolute atomic E-state index is 12.7. The molecular formula is C20H20F3N3O2. The Labute approximate surface area is 160 Å². The minimum atomic E-state index is -4.49. The first-order valence-electron chi connectivity index (χ1n) is 8.90. The van der Waals surface area contributed by atoms with Crippen LogP contribution in [-0.4, -0.2) is 21.7 Å². The van der Waals surface area contributed by atoms with Crippen molar-refractivity contribution in [2.24, 2.45) is 5.73 Å². The normalized spacial score (nSPS) is 19.0. The number of amides is 2. The summed E-state index contributed by atoms with van der Waals surface area (Å²) in [6.07, 6.45) is -2.34. The highest BCUT2D eigenvalue weighted by Gasteiger charge is 2.34. The van der Waals surface area contributed by atoms with Crippen LogP contribution in [0.2, 0.25) is 0 Å². The highest BCUT2D eigenvalue weighted by atomic mass is 19.4. The molecule has 3 rings (SSSR count). The maximum Gasteiger partial charge on any atom is 0.417 e. The second-order valence-electron chi connectivity index (χ2n) is 6.96. The van der Waals surface area contributed by atoms with Gasteiger partial charge in [0.05, 0.1) is 23.8 Å². The third-order valence-corrected chi connectivity index (χ3v) is 5.09. The Morgan fingerprint density at radius 1 is 1.14 bits per heavy atom. The van der Waals surface area contributed by atoms with Gasteiger partial charge in [-0.1, -0.05) is 31.2 Å². The number of aromatic nitrogens is 1. The summed E-state index contributed by atoms with van der Waals surface area (Å²) in [7, 11) is 0. The molecule has 0 spiro atoms. The van der Waals surface area contributed by atoms with Crippen LogP contribution < -0.4 is 5.73 Å². The number of hydrogen-bond acceptors (Lipinski definition) is 3. The second-order valence-corrected chi connectivity index (χ2v) is 6.96. The molecule has 2 unspecified atom stereocenters. The molecule has 1 aliphatic rings. The predicted octanol–water partition coefficient (Wildman–Crippen LogP) is 3.55. The van der Waals surface area contributed by atoms with Crippen molar-refractivity contribution in [2.45, 2.75) is 44.4 Å². The molecule has 2 N–H and O–H groups in total. The largest absolute Gasteiger partial charge is 0.417 e. The molecule has 28 heavy (non-hydrogen) atoms. The van der Waals surface area contributed by atoms with Crippen LogP contribution in [0, 0.1) is 0 Å². The number of alkyl halides is 3. The number of benzene rings is 1. The van der Waals surface area contributed by atoms with E-state index in [1.165, 1.54) is 11.0 Å². The van der Waals surface area contributed by atoms with Crippen LogP contribution in [0.1, 0.15) is 54.1 Å². The lowest BCUT2D eigenvalue weighted by molar-refractivity contribution is -0.146. The first kappa shape index (κ1) is 19.9. The fraction of sp³-hybridized carbons (Fsp3) is 0.350. The van der Waals surface area contributed by atoms with E-state index in [0.717, 1.165) is 29.8 Å². The van der Waals surface area contributed by atoms with Gasteiger partial charge < -0.3 is 10.6 Å². The maximum atomic E-state index is 12.7. The van der Waals surface area contributed by atoms with Crippen LogP contribution in [-0.2, 0) is 22.3 Å². The van der Waals surface area contributed by atoms with Crippen LogP contribution >= 0.6 is 0 Å². The van der Waals surface area contributed by atoms with Crippen molar-refractivity contribution in [3.05, 3.63) is 65.0 Å². The van der Waals surface area contributed by atoms with Gasteiger partial charge in [-0.15, -0.1) is 0 Å². The van der Waals surface area contributed by atoms with Crippen LogP contribution in [0.4, 0.5) is 13.2 Å². The Hall–Kier alpha value is -2.90. The van der Waals surface area contributed by atoms with Gasteiger partial charge in [0.15, 0.2) is 0 Å². The summed E-state index contributed by atoms with van der Waals surface area (Å²) in [6, 6.07) is 9.37. The fourth-order valence-corrected chi connectivity index (χ4v) is 3.63. The minimum Gasteiger partial charge on any atom is -0.361 e. The number of nitrogens with zero attached hydrogens (tertiary/aromatic N) is 2. The smallest absolute Gasteiger partial charge is 0.361 e. The zero-order valence-electron chi connectivity index (χ0n) is 15.2. The monoisotopic (exact) mass is 391 g/mol. The molecule has 1 aliphatic carbocycles. The molecule has 0 bridgehead atoms. The topological polar surface area (TPSA) is 76.3 Å². The van der Waals surface area contributed by atoms with E-state index < -0.39 is 29.6 Å². The van der Waals surface area contributed by atoms with Crippen LogP contribution in [0.3, 0.4) is 0 Å². The van der Waals surface area contributed by atoms with E-state index in [4.69, 9.17) is 5.73 Å². The molecule has 2 amide bonds. The average molecular weight is 391 g/mol. The van der Waals surface area contributed by atoms with E-state index in [9.17, 15) is 22.8 Å². The number of fused-ring (bicyclic) bond motifs is 1. The van der Waals surface area contributed by atoms with Gasteiger partial charge in [-0.05, 0) is 42.0 Å². The number of carbonyl (C=O) groups is 2. The highest BCUT2D eigenvalue weighted by Crippen LogP contribution is 2.40.